The lowest BCUT2D eigenvalue weighted by molar-refractivity contribution is -0.253. The number of nitrogens with zero attached hydrogens (tertiary/aromatic N) is 4. The van der Waals surface area contributed by atoms with Crippen molar-refractivity contribution < 1.29 is 29.4 Å². The van der Waals surface area contributed by atoms with Crippen molar-refractivity contribution in [3.8, 4) is 11.1 Å². The van der Waals surface area contributed by atoms with Crippen molar-refractivity contribution in [2.45, 2.75) is 70.2 Å². The monoisotopic (exact) mass is 708 g/mol. The topological polar surface area (TPSA) is 149 Å². The standard InChI is InChI=1S/C40H48N6O6/c47-28-29-13-15-31(16-14-29)36-25-35(27-45-19-21-46(22-20-45)40-41-17-6-18-42-40)51-39(52-36)34-10-5-9-33(24-34)32-8-4-7-30(23-32)26-43-37(48)11-2-1-3-12-38(49)44-50/h4-10,13-18,23-24,35-36,39,47,50H,1-3,11-12,19-22,25-28H2,(H,43,48)(H,44,49). The van der Waals surface area contributed by atoms with Crippen molar-refractivity contribution in [2.75, 3.05) is 37.6 Å². The number of aromatic nitrogens is 2. The van der Waals surface area contributed by atoms with Crippen LogP contribution in [0.3, 0.4) is 0 Å². The molecule has 0 spiro atoms. The minimum atomic E-state index is -0.569. The maximum Gasteiger partial charge on any atom is 0.243 e. The second-order valence-corrected chi connectivity index (χ2v) is 13.4. The number of hydrogen-bond donors (Lipinski definition) is 4. The van der Waals surface area contributed by atoms with E-state index in [1.807, 2.05) is 54.6 Å². The minimum Gasteiger partial charge on any atom is -0.392 e. The van der Waals surface area contributed by atoms with E-state index in [-0.39, 0.29) is 31.1 Å². The second-order valence-electron chi connectivity index (χ2n) is 13.4. The van der Waals surface area contributed by atoms with Crippen LogP contribution in [-0.4, -0.2) is 75.8 Å². The summed E-state index contributed by atoms with van der Waals surface area (Å²) in [5, 5.41) is 21.2. The molecular weight excluding hydrogens is 660 g/mol. The molecule has 2 fully saturated rings. The van der Waals surface area contributed by atoms with Crippen LogP contribution in [0.2, 0.25) is 0 Å². The SMILES string of the molecule is O=C(CCCCCC(=O)NCc1cccc(-c2cccc(C3OC(CN4CCN(c5ncccn5)CC4)CC(c4ccc(CO)cc4)O3)c2)c1)NO. The zero-order chi connectivity index (χ0) is 36.1. The van der Waals surface area contributed by atoms with E-state index in [1.54, 1.807) is 17.9 Å². The molecule has 2 aliphatic heterocycles. The number of benzene rings is 3. The van der Waals surface area contributed by atoms with E-state index in [2.05, 4.69) is 49.4 Å². The third-order valence-corrected chi connectivity index (χ3v) is 9.63. The Labute approximate surface area is 304 Å². The van der Waals surface area contributed by atoms with Crippen molar-refractivity contribution in [1.82, 2.24) is 25.7 Å². The maximum atomic E-state index is 12.5. The summed E-state index contributed by atoms with van der Waals surface area (Å²) in [5.74, 6) is 0.322. The van der Waals surface area contributed by atoms with Crippen LogP contribution >= 0.6 is 0 Å². The van der Waals surface area contributed by atoms with Gasteiger partial charge in [-0.1, -0.05) is 67.1 Å². The van der Waals surface area contributed by atoms with Gasteiger partial charge in [0.2, 0.25) is 17.8 Å². The van der Waals surface area contributed by atoms with Gasteiger partial charge in [-0.2, -0.15) is 0 Å². The predicted molar refractivity (Wildman–Crippen MR) is 196 cm³/mol. The van der Waals surface area contributed by atoms with Crippen molar-refractivity contribution in [2.24, 2.45) is 0 Å². The first kappa shape index (κ1) is 37.1. The lowest BCUT2D eigenvalue weighted by Gasteiger charge is -2.40. The number of nitrogens with one attached hydrogen (secondary N) is 2. The van der Waals surface area contributed by atoms with Crippen molar-refractivity contribution >= 4 is 17.8 Å². The zero-order valence-electron chi connectivity index (χ0n) is 29.4. The first-order valence-electron chi connectivity index (χ1n) is 18.1. The Morgan fingerprint density at radius 1 is 0.769 bits per heavy atom. The quantitative estimate of drug-likeness (QED) is 0.0749. The summed E-state index contributed by atoms with van der Waals surface area (Å²) in [7, 11) is 0. The molecule has 3 heterocycles. The van der Waals surface area contributed by atoms with Gasteiger partial charge in [0.1, 0.15) is 0 Å². The fourth-order valence-electron chi connectivity index (χ4n) is 6.72. The molecule has 3 atom stereocenters. The number of piperazine rings is 1. The highest BCUT2D eigenvalue weighted by molar-refractivity contribution is 5.76. The van der Waals surface area contributed by atoms with Gasteiger partial charge < -0.3 is 24.8 Å². The Bertz CT molecular complexity index is 1730. The van der Waals surface area contributed by atoms with Crippen LogP contribution in [-0.2, 0) is 32.2 Å². The van der Waals surface area contributed by atoms with E-state index in [0.29, 0.717) is 32.2 Å². The van der Waals surface area contributed by atoms with Gasteiger partial charge in [-0.25, -0.2) is 15.4 Å². The number of hydrogen-bond acceptors (Lipinski definition) is 10. The van der Waals surface area contributed by atoms with Crippen LogP contribution in [0, 0.1) is 0 Å². The van der Waals surface area contributed by atoms with E-state index in [9.17, 15) is 14.7 Å². The molecule has 3 aromatic carbocycles. The minimum absolute atomic E-state index is 0.00439. The van der Waals surface area contributed by atoms with Gasteiger partial charge in [-0.05, 0) is 58.9 Å². The largest absolute Gasteiger partial charge is 0.392 e. The highest BCUT2D eigenvalue weighted by atomic mass is 16.7. The predicted octanol–water partition coefficient (Wildman–Crippen LogP) is 5.08. The Hall–Kier alpha value is -4.72. The van der Waals surface area contributed by atoms with E-state index in [1.165, 1.54) is 0 Å². The van der Waals surface area contributed by atoms with Gasteiger partial charge in [-0.3, -0.25) is 19.7 Å². The van der Waals surface area contributed by atoms with Gasteiger partial charge >= 0.3 is 0 Å². The fraction of sp³-hybridized carbons (Fsp3) is 0.400. The molecule has 2 aliphatic rings. The lowest BCUT2D eigenvalue weighted by Crippen LogP contribution is -2.50. The summed E-state index contributed by atoms with van der Waals surface area (Å²) < 4.78 is 13.4. The molecule has 0 radical (unpaired) electrons. The Kier molecular flexibility index (Phi) is 13.3. The van der Waals surface area contributed by atoms with Crippen LogP contribution in [0.15, 0.2) is 91.3 Å². The van der Waals surface area contributed by atoms with Gasteiger partial charge in [0.05, 0.1) is 18.8 Å². The number of ether oxygens (including phenoxy) is 2. The molecule has 0 saturated carbocycles. The van der Waals surface area contributed by atoms with E-state index in [0.717, 1.165) is 78.5 Å². The number of anilines is 1. The summed E-state index contributed by atoms with van der Waals surface area (Å²) >= 11 is 0. The first-order valence-corrected chi connectivity index (χ1v) is 18.1. The molecule has 52 heavy (non-hydrogen) atoms. The normalized spacial score (nSPS) is 19.3. The molecule has 6 rings (SSSR count). The van der Waals surface area contributed by atoms with E-state index in [4.69, 9.17) is 14.7 Å². The molecular formula is C40H48N6O6. The number of aliphatic hydroxyl groups is 1. The number of unbranched alkanes of at least 4 members (excludes halogenated alkanes) is 2. The van der Waals surface area contributed by atoms with Gasteiger partial charge in [0.25, 0.3) is 0 Å². The van der Waals surface area contributed by atoms with Crippen LogP contribution < -0.4 is 15.7 Å². The highest BCUT2D eigenvalue weighted by Gasteiger charge is 2.34. The van der Waals surface area contributed by atoms with Crippen molar-refractivity contribution in [3.05, 3.63) is 114 Å². The van der Waals surface area contributed by atoms with Gasteiger partial charge in [-0.15, -0.1) is 0 Å². The molecule has 274 valence electrons. The van der Waals surface area contributed by atoms with Crippen molar-refractivity contribution in [1.29, 1.82) is 0 Å². The molecule has 2 amide bonds. The summed E-state index contributed by atoms with van der Waals surface area (Å²) in [6.45, 7) is 4.66. The molecule has 0 aliphatic carbocycles. The third kappa shape index (κ3) is 10.4. The number of hydroxylamine groups is 1. The third-order valence-electron chi connectivity index (χ3n) is 9.63. The molecule has 12 nitrogen and oxygen atoms in total. The smallest absolute Gasteiger partial charge is 0.243 e. The lowest BCUT2D eigenvalue weighted by atomic mass is 9.98. The molecule has 4 aromatic rings. The number of amides is 2. The number of carbonyl (C=O) groups is 2. The molecule has 4 N–H and O–H groups in total. The highest BCUT2D eigenvalue weighted by Crippen LogP contribution is 2.39. The summed E-state index contributed by atoms with van der Waals surface area (Å²) in [4.78, 5) is 37.1. The van der Waals surface area contributed by atoms with Gasteiger partial charge in [0, 0.05) is 76.5 Å². The van der Waals surface area contributed by atoms with Crippen LogP contribution in [0.4, 0.5) is 5.95 Å². The van der Waals surface area contributed by atoms with Crippen LogP contribution in [0.5, 0.6) is 0 Å². The van der Waals surface area contributed by atoms with Crippen molar-refractivity contribution in [3.63, 3.8) is 0 Å². The summed E-state index contributed by atoms with van der Waals surface area (Å²) in [6, 6.07) is 26.2. The Morgan fingerprint density at radius 2 is 1.48 bits per heavy atom. The molecule has 3 unspecified atom stereocenters. The molecule has 12 heteroatoms. The van der Waals surface area contributed by atoms with Crippen LogP contribution in [0.1, 0.15) is 73.2 Å². The Morgan fingerprint density at radius 3 is 2.21 bits per heavy atom. The average Bonchev–Trinajstić information content (AvgIpc) is 3.20. The molecule has 1 aromatic heterocycles. The number of aliphatic hydroxyl groups excluding tert-OH is 1. The fourth-order valence-corrected chi connectivity index (χ4v) is 6.72. The first-order chi connectivity index (χ1) is 25.5. The molecule has 0 bridgehead atoms. The second kappa shape index (κ2) is 18.7. The zero-order valence-corrected chi connectivity index (χ0v) is 29.4. The van der Waals surface area contributed by atoms with Gasteiger partial charge in [0.15, 0.2) is 6.29 Å². The van der Waals surface area contributed by atoms with E-state index < -0.39 is 12.2 Å². The Balaban J connectivity index is 1.10. The van der Waals surface area contributed by atoms with E-state index >= 15 is 0 Å². The number of carbonyl (C=O) groups excluding carboxylic acids is 2. The summed E-state index contributed by atoms with van der Waals surface area (Å²) in [5.41, 5.74) is 7.52. The average molecular weight is 709 g/mol. The maximum absolute atomic E-state index is 12.5. The molecule has 2 saturated heterocycles. The number of rotatable bonds is 15. The summed E-state index contributed by atoms with van der Waals surface area (Å²) in [6.07, 6.45) is 6.14. The van der Waals surface area contributed by atoms with Crippen LogP contribution in [0.25, 0.3) is 11.1 Å².